The van der Waals surface area contributed by atoms with Gasteiger partial charge in [-0.25, -0.2) is 0 Å². The fraction of sp³-hybridized carbons (Fsp3) is 0.538. The van der Waals surface area contributed by atoms with Gasteiger partial charge in [0.2, 0.25) is 0 Å². The minimum absolute atomic E-state index is 0.169. The normalized spacial score (nSPS) is 12.5. The molecular formula is C26H41NOSSi. The smallest absolute Gasteiger partial charge is 0.250 e. The molecule has 0 atom stereocenters. The van der Waals surface area contributed by atoms with E-state index in [1.807, 2.05) is 0 Å². The average molecular weight is 444 g/mol. The van der Waals surface area contributed by atoms with Crippen LogP contribution in [0.15, 0.2) is 35.7 Å². The van der Waals surface area contributed by atoms with Gasteiger partial charge >= 0.3 is 0 Å². The molecule has 1 aromatic heterocycles. The van der Waals surface area contributed by atoms with Gasteiger partial charge in [-0.3, -0.25) is 0 Å². The van der Waals surface area contributed by atoms with Crippen molar-refractivity contribution in [1.29, 1.82) is 0 Å². The van der Waals surface area contributed by atoms with Crippen LogP contribution in [0.4, 0.5) is 5.69 Å². The van der Waals surface area contributed by atoms with Crippen LogP contribution in [0.1, 0.15) is 70.7 Å². The Kier molecular flexibility index (Phi) is 9.23. The highest BCUT2D eigenvalue weighted by atomic mass is 32.1. The van der Waals surface area contributed by atoms with E-state index in [0.717, 1.165) is 18.8 Å². The largest absolute Gasteiger partial charge is 0.543 e. The summed E-state index contributed by atoms with van der Waals surface area (Å²) in [5.41, 5.74) is 2.46. The Morgan fingerprint density at radius 2 is 1.67 bits per heavy atom. The van der Waals surface area contributed by atoms with E-state index in [9.17, 15) is 0 Å². The quantitative estimate of drug-likeness (QED) is 0.322. The highest BCUT2D eigenvalue weighted by Gasteiger charge is 2.39. The third-order valence-corrected chi connectivity index (χ3v) is 11.2. The zero-order valence-electron chi connectivity index (χ0n) is 20.1. The Morgan fingerprint density at radius 3 is 2.20 bits per heavy atom. The summed E-state index contributed by atoms with van der Waals surface area (Å²) in [7, 11) is -1.93. The van der Waals surface area contributed by atoms with Crippen molar-refractivity contribution in [2.75, 3.05) is 18.0 Å². The summed E-state index contributed by atoms with van der Waals surface area (Å²) in [6, 6.07) is 11.1. The standard InChI is InChI=1S/C26H41NOSSi/c1-8-10-18-27(19-11-9-2)23-16-14-22(15-17-24-13-12-20-29-24)25(21-23)28-30(6,7)26(3,4)5/h12-17,20-21H,8-11,18-19H2,1-7H3/b17-15+. The number of thiophene rings is 1. The van der Waals surface area contributed by atoms with Crippen molar-refractivity contribution in [3.63, 3.8) is 0 Å². The topological polar surface area (TPSA) is 12.5 Å². The summed E-state index contributed by atoms with van der Waals surface area (Å²) < 4.78 is 6.83. The van der Waals surface area contributed by atoms with Gasteiger partial charge in [-0.15, -0.1) is 11.3 Å². The Bertz CT molecular complexity index is 782. The van der Waals surface area contributed by atoms with E-state index in [4.69, 9.17) is 4.43 Å². The minimum Gasteiger partial charge on any atom is -0.543 e. The lowest BCUT2D eigenvalue weighted by molar-refractivity contribution is 0.491. The molecule has 1 aromatic carbocycles. The van der Waals surface area contributed by atoms with Crippen LogP contribution in [-0.2, 0) is 0 Å². The van der Waals surface area contributed by atoms with Crippen LogP contribution in [0.2, 0.25) is 18.1 Å². The Morgan fingerprint density at radius 1 is 1.00 bits per heavy atom. The van der Waals surface area contributed by atoms with Crippen molar-refractivity contribution >= 4 is 37.5 Å². The highest BCUT2D eigenvalue weighted by Crippen LogP contribution is 2.39. The van der Waals surface area contributed by atoms with E-state index in [-0.39, 0.29) is 5.04 Å². The lowest BCUT2D eigenvalue weighted by Gasteiger charge is -2.37. The van der Waals surface area contributed by atoms with Crippen molar-refractivity contribution in [2.45, 2.75) is 78.4 Å². The number of hydrogen-bond acceptors (Lipinski definition) is 3. The van der Waals surface area contributed by atoms with E-state index in [2.05, 4.69) is 100 Å². The minimum atomic E-state index is -1.93. The molecular weight excluding hydrogens is 402 g/mol. The first-order valence-electron chi connectivity index (χ1n) is 11.5. The summed E-state index contributed by atoms with van der Waals surface area (Å²) in [6.45, 7) is 18.3. The van der Waals surface area contributed by atoms with Crippen LogP contribution in [0.3, 0.4) is 0 Å². The summed E-state index contributed by atoms with van der Waals surface area (Å²) in [4.78, 5) is 3.81. The second kappa shape index (κ2) is 11.2. The lowest BCUT2D eigenvalue weighted by Crippen LogP contribution is -2.44. The lowest BCUT2D eigenvalue weighted by atomic mass is 10.1. The first-order valence-corrected chi connectivity index (χ1v) is 15.3. The number of unbranched alkanes of at least 4 members (excludes halogenated alkanes) is 2. The van der Waals surface area contributed by atoms with E-state index < -0.39 is 8.32 Å². The molecule has 0 aliphatic heterocycles. The summed E-state index contributed by atoms with van der Waals surface area (Å²) in [6.07, 6.45) is 9.30. The molecule has 0 aliphatic rings. The van der Waals surface area contributed by atoms with Gasteiger partial charge in [-0.1, -0.05) is 53.5 Å². The molecule has 0 spiro atoms. The van der Waals surface area contributed by atoms with Crippen LogP contribution >= 0.6 is 11.3 Å². The molecule has 0 bridgehead atoms. The van der Waals surface area contributed by atoms with E-state index in [0.29, 0.717) is 0 Å². The number of rotatable bonds is 11. The maximum Gasteiger partial charge on any atom is 0.250 e. The fourth-order valence-electron chi connectivity index (χ4n) is 3.00. The SMILES string of the molecule is CCCCN(CCCC)c1ccc(/C=C/c2cccs2)c(O[Si](C)(C)C(C)(C)C)c1. The van der Waals surface area contributed by atoms with Gasteiger partial charge in [-0.05, 0) is 66.7 Å². The predicted octanol–water partition coefficient (Wildman–Crippen LogP) is 8.71. The van der Waals surface area contributed by atoms with E-state index >= 15 is 0 Å². The molecule has 0 amide bonds. The first kappa shape index (κ1) is 24.7. The Labute approximate surface area is 190 Å². The molecule has 2 nitrogen and oxygen atoms in total. The number of benzene rings is 1. The highest BCUT2D eigenvalue weighted by molar-refractivity contribution is 7.10. The van der Waals surface area contributed by atoms with Crippen LogP contribution in [-0.4, -0.2) is 21.4 Å². The molecule has 1 heterocycles. The fourth-order valence-corrected chi connectivity index (χ4v) is 4.65. The van der Waals surface area contributed by atoms with Gasteiger partial charge in [0.15, 0.2) is 0 Å². The maximum absolute atomic E-state index is 6.83. The van der Waals surface area contributed by atoms with Gasteiger partial charge in [0.1, 0.15) is 5.75 Å². The summed E-state index contributed by atoms with van der Waals surface area (Å²) in [5, 5.41) is 2.29. The van der Waals surface area contributed by atoms with Gasteiger partial charge < -0.3 is 9.33 Å². The second-order valence-corrected chi connectivity index (χ2v) is 15.3. The molecule has 0 saturated heterocycles. The monoisotopic (exact) mass is 443 g/mol. The van der Waals surface area contributed by atoms with Crippen molar-refractivity contribution in [2.24, 2.45) is 0 Å². The van der Waals surface area contributed by atoms with Crippen LogP contribution in [0.5, 0.6) is 5.75 Å². The second-order valence-electron chi connectivity index (χ2n) is 9.63. The zero-order valence-corrected chi connectivity index (χ0v) is 21.9. The number of nitrogens with zero attached hydrogens (tertiary/aromatic N) is 1. The van der Waals surface area contributed by atoms with Gasteiger partial charge in [0.05, 0.1) is 0 Å². The van der Waals surface area contributed by atoms with Crippen LogP contribution in [0, 0.1) is 0 Å². The molecule has 0 unspecified atom stereocenters. The van der Waals surface area contributed by atoms with E-state index in [1.54, 1.807) is 11.3 Å². The molecule has 30 heavy (non-hydrogen) atoms. The van der Waals surface area contributed by atoms with Crippen molar-refractivity contribution in [1.82, 2.24) is 0 Å². The molecule has 0 N–H and O–H groups in total. The van der Waals surface area contributed by atoms with Crippen LogP contribution < -0.4 is 9.33 Å². The molecule has 0 radical (unpaired) electrons. The third kappa shape index (κ3) is 7.02. The van der Waals surface area contributed by atoms with E-state index in [1.165, 1.54) is 41.8 Å². The Hall–Kier alpha value is -1.52. The Balaban J connectivity index is 2.41. The summed E-state index contributed by atoms with van der Waals surface area (Å²) in [5.74, 6) is 1.03. The molecule has 0 aliphatic carbocycles. The molecule has 2 rings (SSSR count). The van der Waals surface area contributed by atoms with Gasteiger partial charge in [0.25, 0.3) is 8.32 Å². The molecule has 0 fully saturated rings. The third-order valence-electron chi connectivity index (χ3n) is 6.07. The molecule has 2 aromatic rings. The van der Waals surface area contributed by atoms with Gasteiger partial charge in [-0.2, -0.15) is 0 Å². The average Bonchev–Trinajstić information content (AvgIpc) is 3.19. The zero-order chi connectivity index (χ0) is 22.2. The summed E-state index contributed by atoms with van der Waals surface area (Å²) >= 11 is 1.76. The van der Waals surface area contributed by atoms with Crippen molar-refractivity contribution in [3.05, 3.63) is 46.2 Å². The van der Waals surface area contributed by atoms with Gasteiger partial charge in [0, 0.05) is 35.3 Å². The first-order chi connectivity index (χ1) is 14.2. The van der Waals surface area contributed by atoms with Crippen molar-refractivity contribution < 1.29 is 4.43 Å². The van der Waals surface area contributed by atoms with Crippen molar-refractivity contribution in [3.8, 4) is 5.75 Å². The molecule has 4 heteroatoms. The van der Waals surface area contributed by atoms with Crippen LogP contribution in [0.25, 0.3) is 12.2 Å². The molecule has 0 saturated carbocycles. The molecule has 166 valence electrons. The maximum atomic E-state index is 6.83. The predicted molar refractivity (Wildman–Crippen MR) is 140 cm³/mol. The number of hydrogen-bond donors (Lipinski definition) is 0. The number of anilines is 1.